The lowest BCUT2D eigenvalue weighted by Crippen LogP contribution is -2.24. The van der Waals surface area contributed by atoms with E-state index in [2.05, 4.69) is 31.8 Å². The lowest BCUT2D eigenvalue weighted by molar-refractivity contribution is -0.126. The molecule has 176 valence electrons. The summed E-state index contributed by atoms with van der Waals surface area (Å²) in [4.78, 5) is 24.1. The summed E-state index contributed by atoms with van der Waals surface area (Å²) in [6.07, 6.45) is 1.14. The third-order valence-corrected chi connectivity index (χ3v) is 6.07. The van der Waals surface area contributed by atoms with Gasteiger partial charge in [-0.15, -0.1) is 0 Å². The largest absolute Gasteiger partial charge is 0.488 e. The Kier molecular flexibility index (Phi) is 9.10. The fraction of sp³-hybridized carbons (Fsp3) is 0.160. The average Bonchev–Trinajstić information content (AvgIpc) is 2.77. The first kappa shape index (κ1) is 25.7. The summed E-state index contributed by atoms with van der Waals surface area (Å²) >= 11 is 15.4. The van der Waals surface area contributed by atoms with E-state index in [4.69, 9.17) is 27.9 Å². The molecule has 0 aliphatic heterocycles. The van der Waals surface area contributed by atoms with Crippen LogP contribution in [0, 0.1) is 13.8 Å². The molecule has 3 aromatic rings. The van der Waals surface area contributed by atoms with Crippen molar-refractivity contribution in [1.82, 2.24) is 5.43 Å². The molecule has 2 N–H and O–H groups in total. The van der Waals surface area contributed by atoms with Gasteiger partial charge in [-0.1, -0.05) is 47.0 Å². The smallest absolute Gasteiger partial charge is 0.249 e. The van der Waals surface area contributed by atoms with Gasteiger partial charge < -0.3 is 10.1 Å². The molecular weight excluding hydrogens is 541 g/mol. The van der Waals surface area contributed by atoms with Crippen molar-refractivity contribution in [1.29, 1.82) is 0 Å². The van der Waals surface area contributed by atoms with E-state index in [9.17, 15) is 9.59 Å². The monoisotopic (exact) mass is 561 g/mol. The zero-order chi connectivity index (χ0) is 24.7. The molecule has 2 amide bonds. The number of hydrogen-bond donors (Lipinski definition) is 2. The Hall–Kier alpha value is -2.87. The lowest BCUT2D eigenvalue weighted by Gasteiger charge is -2.09. The Balaban J connectivity index is 1.49. The Bertz CT molecular complexity index is 1250. The molecule has 3 aromatic carbocycles. The third kappa shape index (κ3) is 7.58. The number of nitrogens with zero attached hydrogens (tertiary/aromatic N) is 1. The van der Waals surface area contributed by atoms with Gasteiger partial charge in [-0.2, -0.15) is 5.10 Å². The molecule has 0 aliphatic rings. The van der Waals surface area contributed by atoms with Gasteiger partial charge in [0.15, 0.2) is 0 Å². The van der Waals surface area contributed by atoms with Gasteiger partial charge in [-0.3, -0.25) is 9.59 Å². The van der Waals surface area contributed by atoms with Crippen LogP contribution in [0.4, 0.5) is 5.69 Å². The van der Waals surface area contributed by atoms with Gasteiger partial charge in [0.05, 0.1) is 20.7 Å². The Morgan fingerprint density at radius 1 is 1.00 bits per heavy atom. The van der Waals surface area contributed by atoms with Gasteiger partial charge in [0.2, 0.25) is 11.8 Å². The van der Waals surface area contributed by atoms with Crippen molar-refractivity contribution in [3.8, 4) is 5.75 Å². The summed E-state index contributed by atoms with van der Waals surface area (Å²) in [6.45, 7) is 4.19. The van der Waals surface area contributed by atoms with E-state index < -0.39 is 11.8 Å². The molecule has 0 aliphatic carbocycles. The molecule has 0 saturated carbocycles. The quantitative estimate of drug-likeness (QED) is 0.188. The van der Waals surface area contributed by atoms with Crippen molar-refractivity contribution in [2.24, 2.45) is 5.10 Å². The minimum Gasteiger partial charge on any atom is -0.488 e. The zero-order valence-corrected chi connectivity index (χ0v) is 21.6. The average molecular weight is 563 g/mol. The Morgan fingerprint density at radius 3 is 2.50 bits per heavy atom. The molecular formula is C25H22BrCl2N3O3. The van der Waals surface area contributed by atoms with Crippen molar-refractivity contribution in [3.05, 3.63) is 91.4 Å². The fourth-order valence-corrected chi connectivity index (χ4v) is 3.85. The minimum absolute atomic E-state index is 0.323. The number of amides is 2. The summed E-state index contributed by atoms with van der Waals surface area (Å²) in [5.41, 5.74) is 6.69. The van der Waals surface area contributed by atoms with Crippen molar-refractivity contribution < 1.29 is 14.3 Å². The summed E-state index contributed by atoms with van der Waals surface area (Å²) in [5.74, 6) is -0.291. The molecule has 0 spiro atoms. The van der Waals surface area contributed by atoms with Crippen molar-refractivity contribution in [3.63, 3.8) is 0 Å². The van der Waals surface area contributed by atoms with E-state index >= 15 is 0 Å². The van der Waals surface area contributed by atoms with Crippen molar-refractivity contribution >= 4 is 62.8 Å². The minimum atomic E-state index is -0.515. The second-order valence-corrected chi connectivity index (χ2v) is 9.23. The van der Waals surface area contributed by atoms with Crippen LogP contribution in [0.5, 0.6) is 5.75 Å². The highest BCUT2D eigenvalue weighted by Gasteiger charge is 2.10. The summed E-state index contributed by atoms with van der Waals surface area (Å²) in [5, 5.41) is 7.61. The van der Waals surface area contributed by atoms with Crippen LogP contribution >= 0.6 is 39.1 Å². The van der Waals surface area contributed by atoms with E-state index in [1.165, 1.54) is 6.21 Å². The number of nitrogens with one attached hydrogen (secondary N) is 2. The number of benzene rings is 3. The van der Waals surface area contributed by atoms with Crippen LogP contribution in [0.3, 0.4) is 0 Å². The summed E-state index contributed by atoms with van der Waals surface area (Å²) in [7, 11) is 0. The third-order valence-electron chi connectivity index (χ3n) is 4.71. The van der Waals surface area contributed by atoms with E-state index in [0.717, 1.165) is 26.7 Å². The van der Waals surface area contributed by atoms with Crippen molar-refractivity contribution in [2.75, 3.05) is 5.32 Å². The highest BCUT2D eigenvalue weighted by molar-refractivity contribution is 9.10. The first-order valence-electron chi connectivity index (χ1n) is 10.3. The molecule has 6 nitrogen and oxygen atoms in total. The Morgan fingerprint density at radius 2 is 1.79 bits per heavy atom. The van der Waals surface area contributed by atoms with Crippen LogP contribution in [-0.2, 0) is 16.2 Å². The number of carbonyl (C=O) groups excluding carboxylic acids is 2. The maximum atomic E-state index is 12.1. The maximum Gasteiger partial charge on any atom is 0.249 e. The lowest BCUT2D eigenvalue weighted by atomic mass is 10.1. The van der Waals surface area contributed by atoms with Crippen LogP contribution in [0.2, 0.25) is 10.0 Å². The first-order valence-corrected chi connectivity index (χ1v) is 11.8. The predicted octanol–water partition coefficient (Wildman–Crippen LogP) is 6.43. The van der Waals surface area contributed by atoms with Gasteiger partial charge in [-0.25, -0.2) is 5.43 Å². The molecule has 34 heavy (non-hydrogen) atoms. The second-order valence-electron chi connectivity index (χ2n) is 7.56. The highest BCUT2D eigenvalue weighted by atomic mass is 79.9. The van der Waals surface area contributed by atoms with Crippen LogP contribution < -0.4 is 15.5 Å². The molecule has 3 rings (SSSR count). The molecule has 0 radical (unpaired) electrons. The van der Waals surface area contributed by atoms with Crippen molar-refractivity contribution in [2.45, 2.75) is 26.9 Å². The SMILES string of the molecule is Cc1ccc(NC(=O)CC(=O)NN=Cc2ccc(OCc3ccc(Cl)c(Cl)c3)c(Br)c2)c(C)c1. The van der Waals surface area contributed by atoms with Crippen LogP contribution in [-0.4, -0.2) is 18.0 Å². The maximum absolute atomic E-state index is 12.1. The summed E-state index contributed by atoms with van der Waals surface area (Å²) in [6, 6.07) is 16.4. The fourth-order valence-electron chi connectivity index (χ4n) is 3.02. The number of ether oxygens (including phenoxy) is 1. The highest BCUT2D eigenvalue weighted by Crippen LogP contribution is 2.28. The van der Waals surface area contributed by atoms with E-state index in [-0.39, 0.29) is 6.42 Å². The molecule has 0 heterocycles. The number of aryl methyl sites for hydroxylation is 2. The number of hydrazone groups is 1. The number of rotatable bonds is 8. The number of carbonyl (C=O) groups is 2. The number of halogens is 3. The van der Waals surface area contributed by atoms with Gasteiger partial charge in [-0.05, 0) is 82.9 Å². The van der Waals surface area contributed by atoms with Gasteiger partial charge in [0, 0.05) is 5.69 Å². The number of anilines is 1. The van der Waals surface area contributed by atoms with E-state index in [0.29, 0.717) is 28.1 Å². The topological polar surface area (TPSA) is 79.8 Å². The zero-order valence-electron chi connectivity index (χ0n) is 18.5. The summed E-state index contributed by atoms with van der Waals surface area (Å²) < 4.78 is 6.53. The van der Waals surface area contributed by atoms with Crippen LogP contribution in [0.15, 0.2) is 64.2 Å². The predicted molar refractivity (Wildman–Crippen MR) is 140 cm³/mol. The second kappa shape index (κ2) is 12.0. The number of hydrogen-bond acceptors (Lipinski definition) is 4. The molecule has 9 heteroatoms. The molecule has 0 unspecified atom stereocenters. The van der Waals surface area contributed by atoms with E-state index in [1.807, 2.05) is 38.1 Å². The Labute approximate surface area is 216 Å². The van der Waals surface area contributed by atoms with Crippen LogP contribution in [0.25, 0.3) is 0 Å². The molecule has 0 saturated heterocycles. The van der Waals surface area contributed by atoms with Gasteiger partial charge in [0.25, 0.3) is 0 Å². The van der Waals surface area contributed by atoms with E-state index in [1.54, 1.807) is 30.3 Å². The van der Waals surface area contributed by atoms with Gasteiger partial charge >= 0.3 is 0 Å². The standard InChI is InChI=1S/C25H22BrCl2N3O3/c1-15-3-7-22(16(2)9-15)30-24(32)12-25(33)31-29-13-17-5-8-23(19(26)10-17)34-14-18-4-6-20(27)21(28)11-18/h3-11,13H,12,14H2,1-2H3,(H,30,32)(H,31,33). The molecule has 0 aromatic heterocycles. The molecule has 0 atom stereocenters. The first-order chi connectivity index (χ1) is 16.2. The normalized spacial score (nSPS) is 10.9. The van der Waals surface area contributed by atoms with Crippen LogP contribution in [0.1, 0.15) is 28.7 Å². The molecule has 0 fully saturated rings. The van der Waals surface area contributed by atoms with Gasteiger partial charge in [0.1, 0.15) is 18.8 Å². The molecule has 0 bridgehead atoms.